The van der Waals surface area contributed by atoms with Gasteiger partial charge in [0.1, 0.15) is 5.82 Å². The zero-order chi connectivity index (χ0) is 17.8. The van der Waals surface area contributed by atoms with Crippen molar-refractivity contribution in [2.45, 2.75) is 12.8 Å². The van der Waals surface area contributed by atoms with Gasteiger partial charge in [0.05, 0.1) is 3.79 Å². The molecule has 1 saturated heterocycles. The van der Waals surface area contributed by atoms with Crippen molar-refractivity contribution in [3.63, 3.8) is 0 Å². The highest BCUT2D eigenvalue weighted by molar-refractivity contribution is 9.11. The molecule has 0 atom stereocenters. The van der Waals surface area contributed by atoms with Gasteiger partial charge in [-0.15, -0.1) is 11.3 Å². The van der Waals surface area contributed by atoms with Crippen LogP contribution in [0.25, 0.3) is 0 Å². The number of carbonyl (C=O) groups is 2. The molecule has 1 aliphatic heterocycles. The maximum Gasteiger partial charge on any atom is 0.253 e. The van der Waals surface area contributed by atoms with E-state index in [1.165, 1.54) is 24.3 Å². The van der Waals surface area contributed by atoms with Gasteiger partial charge in [-0.25, -0.2) is 4.39 Å². The van der Waals surface area contributed by atoms with E-state index in [0.29, 0.717) is 38.2 Å². The molecule has 132 valence electrons. The quantitative estimate of drug-likeness (QED) is 0.752. The van der Waals surface area contributed by atoms with E-state index in [4.69, 9.17) is 0 Å². The van der Waals surface area contributed by atoms with Crippen molar-refractivity contribution in [2.24, 2.45) is 0 Å². The molecule has 2 aromatic rings. The van der Waals surface area contributed by atoms with Crippen LogP contribution in [-0.2, 0) is 11.2 Å². The van der Waals surface area contributed by atoms with Crippen LogP contribution >= 0.6 is 27.3 Å². The van der Waals surface area contributed by atoms with Crippen LogP contribution < -0.4 is 0 Å². The highest BCUT2D eigenvalue weighted by Gasteiger charge is 2.24. The number of hydrogen-bond acceptors (Lipinski definition) is 3. The fraction of sp³-hybridized carbons (Fsp3) is 0.333. The lowest BCUT2D eigenvalue weighted by Crippen LogP contribution is -2.50. The third-order valence-corrected chi connectivity index (χ3v) is 6.12. The first-order valence-electron chi connectivity index (χ1n) is 8.09. The van der Waals surface area contributed by atoms with Crippen molar-refractivity contribution in [2.75, 3.05) is 26.2 Å². The van der Waals surface area contributed by atoms with Gasteiger partial charge in [0.25, 0.3) is 5.91 Å². The van der Waals surface area contributed by atoms with Crippen molar-refractivity contribution >= 4 is 39.1 Å². The normalized spacial score (nSPS) is 14.6. The molecule has 3 rings (SSSR count). The standard InChI is InChI=1S/C18H18BrFN2O2S/c19-17-13(7-12-25-17)3-6-16(23)21-8-10-22(11-9-21)18(24)14-1-4-15(20)5-2-14/h1-2,4-5,7,12H,3,6,8-11H2. The molecule has 25 heavy (non-hydrogen) atoms. The smallest absolute Gasteiger partial charge is 0.253 e. The van der Waals surface area contributed by atoms with Crippen LogP contribution in [0.15, 0.2) is 39.5 Å². The Kier molecular flexibility index (Phi) is 5.86. The number of rotatable bonds is 4. The van der Waals surface area contributed by atoms with Crippen molar-refractivity contribution in [3.05, 3.63) is 56.4 Å². The van der Waals surface area contributed by atoms with Crippen LogP contribution in [0.4, 0.5) is 4.39 Å². The molecule has 1 fully saturated rings. The molecule has 0 spiro atoms. The van der Waals surface area contributed by atoms with Gasteiger partial charge in [0, 0.05) is 38.2 Å². The highest BCUT2D eigenvalue weighted by Crippen LogP contribution is 2.24. The summed E-state index contributed by atoms with van der Waals surface area (Å²) >= 11 is 5.11. The zero-order valence-corrected chi connectivity index (χ0v) is 16.0. The monoisotopic (exact) mass is 424 g/mol. The number of nitrogens with zero attached hydrogens (tertiary/aromatic N) is 2. The molecule has 0 bridgehead atoms. The van der Waals surface area contributed by atoms with Gasteiger partial charge in [-0.3, -0.25) is 9.59 Å². The van der Waals surface area contributed by atoms with Crippen LogP contribution in [0.3, 0.4) is 0 Å². The third-order valence-electron chi connectivity index (χ3n) is 4.31. The van der Waals surface area contributed by atoms with Gasteiger partial charge in [-0.05, 0) is 63.6 Å². The van der Waals surface area contributed by atoms with Crippen molar-refractivity contribution in [3.8, 4) is 0 Å². The van der Waals surface area contributed by atoms with Crippen LogP contribution in [0.5, 0.6) is 0 Å². The van der Waals surface area contributed by atoms with Crippen LogP contribution in [0, 0.1) is 5.82 Å². The Balaban J connectivity index is 1.49. The van der Waals surface area contributed by atoms with Gasteiger partial charge >= 0.3 is 0 Å². The Morgan fingerprint density at radius 2 is 1.68 bits per heavy atom. The molecule has 2 amide bonds. The molecule has 7 heteroatoms. The third kappa shape index (κ3) is 4.46. The number of halogens is 2. The number of hydrogen-bond donors (Lipinski definition) is 0. The Bertz CT molecular complexity index is 755. The summed E-state index contributed by atoms with van der Waals surface area (Å²) in [4.78, 5) is 28.3. The lowest BCUT2D eigenvalue weighted by atomic mass is 10.1. The number of carbonyl (C=O) groups excluding carboxylic acids is 2. The molecule has 4 nitrogen and oxygen atoms in total. The van der Waals surface area contributed by atoms with E-state index >= 15 is 0 Å². The van der Waals surface area contributed by atoms with E-state index in [2.05, 4.69) is 15.9 Å². The molecule has 1 aliphatic rings. The maximum absolute atomic E-state index is 13.0. The van der Waals surface area contributed by atoms with Crippen molar-refractivity contribution < 1.29 is 14.0 Å². The minimum absolute atomic E-state index is 0.116. The summed E-state index contributed by atoms with van der Waals surface area (Å²) in [6, 6.07) is 7.59. The van der Waals surface area contributed by atoms with E-state index in [9.17, 15) is 14.0 Å². The van der Waals surface area contributed by atoms with Gasteiger partial charge < -0.3 is 9.80 Å². The zero-order valence-electron chi connectivity index (χ0n) is 13.6. The Morgan fingerprint density at radius 3 is 2.28 bits per heavy atom. The Morgan fingerprint density at radius 1 is 1.04 bits per heavy atom. The molecule has 0 aliphatic carbocycles. The number of benzene rings is 1. The summed E-state index contributed by atoms with van der Waals surface area (Å²) in [6.45, 7) is 2.08. The number of thiophene rings is 1. The summed E-state index contributed by atoms with van der Waals surface area (Å²) in [7, 11) is 0. The van der Waals surface area contributed by atoms with E-state index in [0.717, 1.165) is 15.8 Å². The molecular weight excluding hydrogens is 407 g/mol. The molecule has 0 unspecified atom stereocenters. The fourth-order valence-electron chi connectivity index (χ4n) is 2.83. The molecule has 0 saturated carbocycles. The van der Waals surface area contributed by atoms with Gasteiger partial charge in [-0.1, -0.05) is 0 Å². The Hall–Kier alpha value is -1.73. The Labute approximate surface area is 158 Å². The van der Waals surface area contributed by atoms with Crippen molar-refractivity contribution in [1.82, 2.24) is 9.80 Å². The van der Waals surface area contributed by atoms with E-state index < -0.39 is 0 Å². The van der Waals surface area contributed by atoms with Crippen LogP contribution in [0.1, 0.15) is 22.3 Å². The summed E-state index contributed by atoms with van der Waals surface area (Å²) in [5.41, 5.74) is 1.63. The molecule has 1 aromatic heterocycles. The first-order valence-corrected chi connectivity index (χ1v) is 9.76. The molecule has 0 radical (unpaired) electrons. The molecule has 0 N–H and O–H groups in total. The lowest BCUT2D eigenvalue weighted by Gasteiger charge is -2.35. The summed E-state index contributed by atoms with van der Waals surface area (Å²) in [5.74, 6) is -0.356. The average Bonchev–Trinajstić information content (AvgIpc) is 3.05. The second kappa shape index (κ2) is 8.10. The largest absolute Gasteiger partial charge is 0.339 e. The van der Waals surface area contributed by atoms with Crippen molar-refractivity contribution in [1.29, 1.82) is 0 Å². The highest BCUT2D eigenvalue weighted by atomic mass is 79.9. The summed E-state index contributed by atoms with van der Waals surface area (Å²) in [6.07, 6.45) is 1.19. The number of piperazine rings is 1. The molecule has 1 aromatic carbocycles. The SMILES string of the molecule is O=C(CCc1ccsc1Br)N1CCN(C(=O)c2ccc(F)cc2)CC1. The predicted octanol–water partition coefficient (Wildman–Crippen LogP) is 3.57. The van der Waals surface area contributed by atoms with Crippen LogP contribution in [-0.4, -0.2) is 47.8 Å². The number of amides is 2. The van der Waals surface area contributed by atoms with Gasteiger partial charge in [-0.2, -0.15) is 0 Å². The summed E-state index contributed by atoms with van der Waals surface area (Å²) < 4.78 is 14.0. The minimum atomic E-state index is -0.357. The second-order valence-electron chi connectivity index (χ2n) is 5.90. The van der Waals surface area contributed by atoms with E-state index in [1.807, 2.05) is 16.3 Å². The van der Waals surface area contributed by atoms with Crippen LogP contribution in [0.2, 0.25) is 0 Å². The summed E-state index contributed by atoms with van der Waals surface area (Å²) in [5, 5.41) is 2.00. The van der Waals surface area contributed by atoms with E-state index in [1.54, 1.807) is 16.2 Å². The first-order chi connectivity index (χ1) is 12.0. The second-order valence-corrected chi connectivity index (χ2v) is 8.13. The van der Waals surface area contributed by atoms with Gasteiger partial charge in [0.2, 0.25) is 5.91 Å². The van der Waals surface area contributed by atoms with Gasteiger partial charge in [0.15, 0.2) is 0 Å². The topological polar surface area (TPSA) is 40.6 Å². The van der Waals surface area contributed by atoms with E-state index in [-0.39, 0.29) is 17.6 Å². The minimum Gasteiger partial charge on any atom is -0.339 e. The first kappa shape index (κ1) is 18.1. The molecule has 2 heterocycles. The fourth-order valence-corrected chi connectivity index (χ4v) is 4.16. The maximum atomic E-state index is 13.0. The lowest BCUT2D eigenvalue weighted by molar-refractivity contribution is -0.132. The molecular formula is C18H18BrFN2O2S. The predicted molar refractivity (Wildman–Crippen MR) is 99.2 cm³/mol. The number of aryl methyl sites for hydroxylation is 1. The average molecular weight is 425 g/mol.